The number of carbonyl (C=O) groups excluding carboxylic acids is 2. The topological polar surface area (TPSA) is 146 Å². The number of ether oxygens (including phenoxy) is 2. The lowest BCUT2D eigenvalue weighted by Gasteiger charge is -2.25. The third-order valence-corrected chi connectivity index (χ3v) is 4.51. The summed E-state index contributed by atoms with van der Waals surface area (Å²) in [5, 5.41) is 17.1. The molecule has 2 aromatic rings. The molecule has 2 rings (SSSR count). The van der Waals surface area contributed by atoms with Crippen molar-refractivity contribution in [1.29, 1.82) is 0 Å². The van der Waals surface area contributed by atoms with Crippen LogP contribution in [-0.2, 0) is 32.2 Å². The number of para-hydroxylation sites is 2. The average molecular weight is 416 g/mol. The Kier molecular flexibility index (Phi) is 8.27. The third-order valence-electron chi connectivity index (χ3n) is 4.51. The minimum absolute atomic E-state index is 0.0421. The minimum Gasteiger partial charge on any atom is -0.468 e. The van der Waals surface area contributed by atoms with E-state index in [0.29, 0.717) is 11.3 Å². The monoisotopic (exact) mass is 416 g/mol. The Labute approximate surface area is 173 Å². The smallest absolute Gasteiger partial charge is 0.325 e. The summed E-state index contributed by atoms with van der Waals surface area (Å²) in [4.78, 5) is 35.5. The Hall–Kier alpha value is -3.50. The molecule has 0 amide bonds. The fraction of sp³-hybridized carbons (Fsp3) is 0.300. The number of esters is 2. The largest absolute Gasteiger partial charge is 0.468 e. The van der Waals surface area contributed by atoms with Crippen LogP contribution in [0.3, 0.4) is 0 Å². The quantitative estimate of drug-likeness (QED) is 0.224. The van der Waals surface area contributed by atoms with E-state index in [9.17, 15) is 19.7 Å². The molecule has 30 heavy (non-hydrogen) atoms. The SMILES string of the molecule is COC(=O)C(NCc1ccccc1N)C(NCc1ccccc1[N+](=O)[O-])C(=O)OC. The number of hydrogen-bond donors (Lipinski definition) is 3. The molecule has 0 aliphatic heterocycles. The van der Waals surface area contributed by atoms with Gasteiger partial charge in [-0.1, -0.05) is 36.4 Å². The second-order valence-electron chi connectivity index (χ2n) is 6.35. The van der Waals surface area contributed by atoms with E-state index in [2.05, 4.69) is 10.6 Å². The number of nitrogen functional groups attached to an aromatic ring is 1. The molecule has 10 nitrogen and oxygen atoms in total. The van der Waals surface area contributed by atoms with Crippen molar-refractivity contribution in [3.63, 3.8) is 0 Å². The van der Waals surface area contributed by atoms with Gasteiger partial charge in [0, 0.05) is 30.4 Å². The first-order valence-electron chi connectivity index (χ1n) is 9.07. The van der Waals surface area contributed by atoms with E-state index >= 15 is 0 Å². The number of nitrogens with one attached hydrogen (secondary N) is 2. The molecule has 0 aromatic heterocycles. The molecule has 0 spiro atoms. The van der Waals surface area contributed by atoms with E-state index in [1.54, 1.807) is 42.5 Å². The fourth-order valence-corrected chi connectivity index (χ4v) is 2.90. The van der Waals surface area contributed by atoms with Crippen LogP contribution < -0.4 is 16.4 Å². The number of nitro benzene ring substituents is 1. The summed E-state index contributed by atoms with van der Waals surface area (Å²) in [7, 11) is 2.38. The molecule has 2 unspecified atom stereocenters. The lowest BCUT2D eigenvalue weighted by molar-refractivity contribution is -0.385. The molecule has 2 aromatic carbocycles. The molecular formula is C20H24N4O6. The highest BCUT2D eigenvalue weighted by Gasteiger charge is 2.35. The first-order chi connectivity index (χ1) is 14.4. The molecular weight excluding hydrogens is 392 g/mol. The summed E-state index contributed by atoms with van der Waals surface area (Å²) in [5.41, 5.74) is 7.43. The Balaban J connectivity index is 2.24. The van der Waals surface area contributed by atoms with Gasteiger partial charge in [-0.2, -0.15) is 0 Å². The predicted octanol–water partition coefficient (Wildman–Crippen LogP) is 1.14. The molecule has 0 fully saturated rings. The van der Waals surface area contributed by atoms with Gasteiger partial charge < -0.3 is 15.2 Å². The van der Waals surface area contributed by atoms with Crippen molar-refractivity contribution in [2.24, 2.45) is 0 Å². The third kappa shape index (κ3) is 5.75. The number of carbonyl (C=O) groups is 2. The number of nitro groups is 1. The number of methoxy groups -OCH3 is 2. The van der Waals surface area contributed by atoms with Gasteiger partial charge in [0.05, 0.1) is 19.1 Å². The number of nitrogens with zero attached hydrogens (tertiary/aromatic N) is 1. The van der Waals surface area contributed by atoms with Crippen LogP contribution in [0.5, 0.6) is 0 Å². The maximum Gasteiger partial charge on any atom is 0.325 e. The van der Waals surface area contributed by atoms with Crippen LogP contribution in [0, 0.1) is 10.1 Å². The Morgan fingerprint density at radius 3 is 1.90 bits per heavy atom. The van der Waals surface area contributed by atoms with Crippen LogP contribution in [-0.4, -0.2) is 43.2 Å². The second kappa shape index (κ2) is 10.9. The molecule has 4 N–H and O–H groups in total. The van der Waals surface area contributed by atoms with Gasteiger partial charge in [-0.05, 0) is 11.6 Å². The Morgan fingerprint density at radius 1 is 0.933 bits per heavy atom. The van der Waals surface area contributed by atoms with Crippen LogP contribution in [0.2, 0.25) is 0 Å². The van der Waals surface area contributed by atoms with Crippen molar-refractivity contribution in [1.82, 2.24) is 10.6 Å². The molecule has 0 saturated heterocycles. The summed E-state index contributed by atoms with van der Waals surface area (Å²) in [6.07, 6.45) is 0. The van der Waals surface area contributed by atoms with Crippen molar-refractivity contribution >= 4 is 23.3 Å². The van der Waals surface area contributed by atoms with Crippen molar-refractivity contribution in [3.05, 3.63) is 69.8 Å². The maximum atomic E-state index is 12.4. The molecule has 2 atom stereocenters. The number of rotatable bonds is 10. The fourth-order valence-electron chi connectivity index (χ4n) is 2.90. The van der Waals surface area contributed by atoms with Crippen molar-refractivity contribution in [3.8, 4) is 0 Å². The summed E-state index contributed by atoms with van der Waals surface area (Å²) in [6.45, 7) is 0.146. The molecule has 160 valence electrons. The molecule has 0 bridgehead atoms. The van der Waals surface area contributed by atoms with Gasteiger partial charge in [0.15, 0.2) is 0 Å². The van der Waals surface area contributed by atoms with Gasteiger partial charge in [-0.15, -0.1) is 0 Å². The number of hydrogen-bond acceptors (Lipinski definition) is 9. The molecule has 10 heteroatoms. The summed E-state index contributed by atoms with van der Waals surface area (Å²) in [5.74, 6) is -1.42. The summed E-state index contributed by atoms with van der Waals surface area (Å²) in [6, 6.07) is 10.9. The average Bonchev–Trinajstić information content (AvgIpc) is 2.76. The van der Waals surface area contributed by atoms with E-state index < -0.39 is 28.9 Å². The molecule has 0 saturated carbocycles. The number of nitrogens with two attached hydrogens (primary N) is 1. The van der Waals surface area contributed by atoms with E-state index in [-0.39, 0.29) is 18.8 Å². The normalized spacial score (nSPS) is 12.6. The van der Waals surface area contributed by atoms with Crippen molar-refractivity contribution < 1.29 is 24.0 Å². The first kappa shape index (κ1) is 22.8. The molecule has 0 aliphatic rings. The van der Waals surface area contributed by atoms with Crippen LogP contribution >= 0.6 is 0 Å². The van der Waals surface area contributed by atoms with Crippen LogP contribution in [0.4, 0.5) is 11.4 Å². The van der Waals surface area contributed by atoms with E-state index in [1.807, 2.05) is 0 Å². The molecule has 0 heterocycles. The summed E-state index contributed by atoms with van der Waals surface area (Å²) >= 11 is 0. The zero-order valence-corrected chi connectivity index (χ0v) is 16.7. The molecule has 0 radical (unpaired) electrons. The highest BCUT2D eigenvalue weighted by Crippen LogP contribution is 2.18. The maximum absolute atomic E-state index is 12.4. The first-order valence-corrected chi connectivity index (χ1v) is 9.07. The van der Waals surface area contributed by atoms with Gasteiger partial charge in [0.25, 0.3) is 5.69 Å². The van der Waals surface area contributed by atoms with E-state index in [4.69, 9.17) is 15.2 Å². The minimum atomic E-state index is -1.16. The van der Waals surface area contributed by atoms with Gasteiger partial charge in [0.1, 0.15) is 12.1 Å². The zero-order chi connectivity index (χ0) is 22.1. The van der Waals surface area contributed by atoms with Crippen LogP contribution in [0.25, 0.3) is 0 Å². The van der Waals surface area contributed by atoms with Gasteiger partial charge >= 0.3 is 11.9 Å². The van der Waals surface area contributed by atoms with Gasteiger partial charge in [-0.25, -0.2) is 0 Å². The lowest BCUT2D eigenvalue weighted by atomic mass is 10.1. The standard InChI is InChI=1S/C20H24N4O6/c1-29-19(25)17(22-11-13-7-3-5-9-15(13)21)18(20(26)30-2)23-12-14-8-4-6-10-16(14)24(27)28/h3-10,17-18,22-23H,11-12,21H2,1-2H3. The van der Waals surface area contributed by atoms with E-state index in [0.717, 1.165) is 5.56 Å². The zero-order valence-electron chi connectivity index (χ0n) is 16.7. The van der Waals surface area contributed by atoms with Crippen LogP contribution in [0.15, 0.2) is 48.5 Å². The predicted molar refractivity (Wildman–Crippen MR) is 109 cm³/mol. The highest BCUT2D eigenvalue weighted by atomic mass is 16.6. The number of anilines is 1. The van der Waals surface area contributed by atoms with E-state index in [1.165, 1.54) is 20.3 Å². The highest BCUT2D eigenvalue weighted by molar-refractivity contribution is 5.87. The molecule has 0 aliphatic carbocycles. The van der Waals surface area contributed by atoms with Crippen molar-refractivity contribution in [2.45, 2.75) is 25.2 Å². The Morgan fingerprint density at radius 2 is 1.40 bits per heavy atom. The number of benzene rings is 2. The van der Waals surface area contributed by atoms with Crippen LogP contribution in [0.1, 0.15) is 11.1 Å². The van der Waals surface area contributed by atoms with Crippen molar-refractivity contribution in [2.75, 3.05) is 20.0 Å². The van der Waals surface area contributed by atoms with Gasteiger partial charge in [0.2, 0.25) is 0 Å². The second-order valence-corrected chi connectivity index (χ2v) is 6.35. The lowest BCUT2D eigenvalue weighted by Crippen LogP contribution is -2.56. The van der Waals surface area contributed by atoms with Gasteiger partial charge in [-0.3, -0.25) is 30.3 Å². The summed E-state index contributed by atoms with van der Waals surface area (Å²) < 4.78 is 9.65. The Bertz CT molecular complexity index is 904.